The third kappa shape index (κ3) is 15.9. The molecule has 14 rings (SSSR count). The van der Waals surface area contributed by atoms with E-state index in [4.69, 9.17) is 34.1 Å². The van der Waals surface area contributed by atoms with Gasteiger partial charge in [-0.1, -0.05) is 128 Å². The number of allylic oxidation sites excluding steroid dienone is 2. The van der Waals surface area contributed by atoms with E-state index in [0.717, 1.165) is 107 Å². The maximum absolute atomic E-state index is 14.4. The number of ether oxygens (including phenoxy) is 3. The van der Waals surface area contributed by atoms with Crippen LogP contribution in [0.3, 0.4) is 0 Å². The number of fused-ring (bicyclic) bond motifs is 6. The maximum atomic E-state index is 14.4. The fourth-order valence-corrected chi connectivity index (χ4v) is 19.1. The molecular formula is C80H107LiN10O11S2. The van der Waals surface area contributed by atoms with Gasteiger partial charge in [0.15, 0.2) is 0 Å². The molecule has 6 aromatic rings. The molecule has 8 aliphatic rings. The van der Waals surface area contributed by atoms with Gasteiger partial charge in [0.1, 0.15) is 56.4 Å². The van der Waals surface area contributed by atoms with E-state index in [0.29, 0.717) is 36.7 Å². The van der Waals surface area contributed by atoms with Crippen molar-refractivity contribution in [2.24, 2.45) is 35.5 Å². The van der Waals surface area contributed by atoms with Crippen molar-refractivity contribution in [2.75, 3.05) is 19.7 Å². The SMILES string of the molecule is CC(C)n1c(O[C@H]2CN3C(=O)[C@@H](C)CCCCC/C=C\[C@@H]4C[C@@]4(C(=O)O)NC(=O)[C@@H]3[C@@H]2C)nc2c(-c3nc(C4CCCCC4)cs3)cccc21.CCOC(=O)[C@@]12C[C@H]1/C=C\CCCCC[C@H](C)C(=O)N1C[C@H](Oc3nc4c(-c5nc(C6CCCCC6)cs5)cccc4n3C(C)C)[C@@H](C)[C@H]1C(=O)N2.[Li+].[OH-]. The number of aromatic nitrogens is 6. The minimum atomic E-state index is -1.35. The number of benzene rings is 2. The molecule has 24 heteroatoms. The van der Waals surface area contributed by atoms with Crippen LogP contribution in [0, 0.1) is 35.5 Å². The fourth-order valence-electron chi connectivity index (χ4n) is 17.3. The Morgan fingerprint density at radius 1 is 0.577 bits per heavy atom. The minimum absolute atomic E-state index is 0. The Hall–Kier alpha value is -6.90. The number of hydrogen-bond donors (Lipinski definition) is 3. The van der Waals surface area contributed by atoms with Crippen molar-refractivity contribution in [1.82, 2.24) is 49.5 Å². The monoisotopic (exact) mass is 1450 g/mol. The average molecular weight is 1460 g/mol. The Morgan fingerprint density at radius 2 is 0.981 bits per heavy atom. The molecule has 4 aliphatic carbocycles. The number of nitrogens with zero attached hydrogens (tertiary/aromatic N) is 8. The first-order chi connectivity index (χ1) is 49.2. The van der Waals surface area contributed by atoms with Gasteiger partial charge in [0, 0.05) is 81.3 Å². The zero-order chi connectivity index (χ0) is 71.7. The van der Waals surface area contributed by atoms with Crippen molar-refractivity contribution >= 4 is 80.3 Å². The molecule has 0 unspecified atom stereocenters. The fraction of sp³-hybridized carbons (Fsp3) is 0.625. The summed E-state index contributed by atoms with van der Waals surface area (Å²) in [4.78, 5) is 106. The largest absolute Gasteiger partial charge is 1.00 e. The quantitative estimate of drug-likeness (QED) is 0.0551. The number of aliphatic carboxylic acids is 1. The Bertz CT molecular complexity index is 4110. The maximum Gasteiger partial charge on any atom is 1.00 e. The smallest absolute Gasteiger partial charge is 0.870 e. The van der Waals surface area contributed by atoms with Crippen LogP contribution in [0.15, 0.2) is 71.5 Å². The number of rotatable bonds is 13. The van der Waals surface area contributed by atoms with Crippen LogP contribution in [0.25, 0.3) is 43.2 Å². The molecule has 12 atom stereocenters. The molecule has 2 saturated heterocycles. The van der Waals surface area contributed by atoms with Crippen LogP contribution in [0.2, 0.25) is 0 Å². The second-order valence-electron chi connectivity index (χ2n) is 31.3. The van der Waals surface area contributed by atoms with Crippen LogP contribution in [0.5, 0.6) is 12.0 Å². The predicted octanol–water partition coefficient (Wildman–Crippen LogP) is 12.3. The zero-order valence-corrected chi connectivity index (χ0v) is 64.3. The topological polar surface area (TPSA) is 272 Å². The van der Waals surface area contributed by atoms with Crippen LogP contribution in [-0.4, -0.2) is 140 Å². The van der Waals surface area contributed by atoms with Gasteiger partial charge in [-0.2, -0.15) is 9.97 Å². The standard InChI is InChI=1S/C41H55N5O5S.C39H51N5O5S.Li.H2O/c1-6-50-39(49)41-22-29(41)19-14-9-7-8-11-16-26(4)38(48)45-23-33(27(5)35(45)36(47)44-41)51-40-43-34-30(20-15-21-32(34)46(40)25(2)3)37-42-31(24-52-37)28-17-12-10-13-18-28;1-23(2)44-30-19-13-18-28(35-40-29(22-50-35)26-15-10-8-11-16-26)32(30)41-38(44)49-31-21-43-33(25(31)4)34(45)42-39(37(47)48)20-27(39)17-12-7-5-6-9-14-24(3)36(43)46;;/h14-15,19-21,24-29,33,35H,6-13,16-18,22-23H2,1-5H3,(H,44,47);12-13,17-19,22-27,31,33H,5-11,14-16,20-21H2,1-4H3,(H,42,45)(H,47,48);;1H2/q;;+1;/p-1/b19-14-;17-12-;;/t26-,27+,29+,33-,35-,41+;24-,25+,27+,31-,33-,39+;;/m00../s1. The Labute approximate surface area is 632 Å². The molecule has 4 amide bonds. The molecular weight excluding hydrogens is 1350 g/mol. The summed E-state index contributed by atoms with van der Waals surface area (Å²) in [5.41, 5.74) is 5.43. The molecule has 2 aromatic carbocycles. The number of nitrogens with one attached hydrogen (secondary N) is 2. The van der Waals surface area contributed by atoms with Crippen molar-refractivity contribution < 1.29 is 72.4 Å². The summed E-state index contributed by atoms with van der Waals surface area (Å²) in [5, 5.41) is 22.6. The number of hydrogen-bond acceptors (Lipinski definition) is 16. The molecule has 556 valence electrons. The van der Waals surface area contributed by atoms with E-state index in [-0.39, 0.29) is 103 Å². The minimum Gasteiger partial charge on any atom is -0.870 e. The van der Waals surface area contributed by atoms with E-state index >= 15 is 0 Å². The normalized spacial score (nSPS) is 29.4. The van der Waals surface area contributed by atoms with Gasteiger partial charge in [-0.05, 0) is 136 Å². The van der Waals surface area contributed by atoms with Gasteiger partial charge in [-0.15, -0.1) is 22.7 Å². The molecule has 8 heterocycles. The van der Waals surface area contributed by atoms with Crippen LogP contribution in [0.1, 0.15) is 239 Å². The molecule has 4 N–H and O–H groups in total. The molecule has 0 spiro atoms. The van der Waals surface area contributed by atoms with Gasteiger partial charge in [0.2, 0.25) is 23.6 Å². The third-order valence-electron chi connectivity index (χ3n) is 23.5. The van der Waals surface area contributed by atoms with Gasteiger partial charge >= 0.3 is 30.8 Å². The van der Waals surface area contributed by atoms with E-state index in [1.807, 2.05) is 45.9 Å². The molecule has 21 nitrogen and oxygen atoms in total. The van der Waals surface area contributed by atoms with Crippen molar-refractivity contribution in [2.45, 2.75) is 263 Å². The first-order valence-electron chi connectivity index (χ1n) is 38.5. The second kappa shape index (κ2) is 33.5. The van der Waals surface area contributed by atoms with Crippen molar-refractivity contribution in [3.8, 4) is 33.2 Å². The second-order valence-corrected chi connectivity index (χ2v) is 33.0. The van der Waals surface area contributed by atoms with Crippen LogP contribution < -0.4 is 39.0 Å². The van der Waals surface area contributed by atoms with E-state index in [1.54, 1.807) is 39.4 Å². The molecule has 104 heavy (non-hydrogen) atoms. The van der Waals surface area contributed by atoms with Crippen LogP contribution in [-0.2, 0) is 33.5 Å². The summed E-state index contributed by atoms with van der Waals surface area (Å²) in [6.45, 7) is 18.7. The van der Waals surface area contributed by atoms with Crippen molar-refractivity contribution in [3.05, 3.63) is 82.9 Å². The Morgan fingerprint density at radius 3 is 1.40 bits per heavy atom. The first kappa shape index (κ1) is 78.2. The van der Waals surface area contributed by atoms with Gasteiger partial charge in [-0.3, -0.25) is 28.3 Å². The summed E-state index contributed by atoms with van der Waals surface area (Å²) >= 11 is 3.34. The number of esters is 1. The van der Waals surface area contributed by atoms with Crippen LogP contribution >= 0.6 is 22.7 Å². The molecule has 4 saturated carbocycles. The number of carbonyl (C=O) groups excluding carboxylic acids is 5. The first-order valence-corrected chi connectivity index (χ1v) is 40.2. The molecule has 6 fully saturated rings. The van der Waals surface area contributed by atoms with E-state index in [2.05, 4.69) is 101 Å². The van der Waals surface area contributed by atoms with Gasteiger partial charge in [-0.25, -0.2) is 19.6 Å². The number of para-hydroxylation sites is 2. The van der Waals surface area contributed by atoms with Gasteiger partial charge in [0.05, 0.1) is 42.1 Å². The number of carboxylic acids is 1. The molecule has 0 radical (unpaired) electrons. The summed E-state index contributed by atoms with van der Waals surface area (Å²) < 4.78 is 23.3. The average Bonchev–Trinajstić information content (AvgIpc) is 1.59. The van der Waals surface area contributed by atoms with E-state index < -0.39 is 59.1 Å². The number of amides is 4. The Balaban J connectivity index is 0.000000204. The zero-order valence-electron chi connectivity index (χ0n) is 62.7. The number of carboxylic acid groups (broad SMARTS) is 1. The Kier molecular flexibility index (Phi) is 25.2. The number of imidazole rings is 2. The third-order valence-corrected chi connectivity index (χ3v) is 25.3. The number of carbonyl (C=O) groups is 6. The summed E-state index contributed by atoms with van der Waals surface area (Å²) in [7, 11) is 0. The van der Waals surface area contributed by atoms with Crippen molar-refractivity contribution in [3.63, 3.8) is 0 Å². The van der Waals surface area contributed by atoms with E-state index in [9.17, 15) is 33.9 Å². The van der Waals surface area contributed by atoms with Gasteiger partial charge in [0.25, 0.3) is 12.0 Å². The molecule has 4 aliphatic heterocycles. The number of thiazole rings is 2. The summed E-state index contributed by atoms with van der Waals surface area (Å²) in [6, 6.07) is 11.7. The summed E-state index contributed by atoms with van der Waals surface area (Å²) in [5.74, 6) is -3.01. The molecule has 0 bridgehead atoms. The van der Waals surface area contributed by atoms with Crippen LogP contribution in [0.4, 0.5) is 0 Å². The predicted molar refractivity (Wildman–Crippen MR) is 399 cm³/mol. The van der Waals surface area contributed by atoms with E-state index in [1.165, 1.54) is 75.6 Å². The molecule has 4 aromatic heterocycles. The summed E-state index contributed by atoms with van der Waals surface area (Å²) in [6.07, 6.45) is 29.6. The van der Waals surface area contributed by atoms with Gasteiger partial charge < -0.3 is 45.2 Å². The van der Waals surface area contributed by atoms with Crippen molar-refractivity contribution in [1.29, 1.82) is 0 Å².